The summed E-state index contributed by atoms with van der Waals surface area (Å²) in [6.45, 7) is 1.85. The number of aryl methyl sites for hydroxylation is 1. The normalized spacial score (nSPS) is 11.6. The summed E-state index contributed by atoms with van der Waals surface area (Å²) >= 11 is 12.1. The lowest BCUT2D eigenvalue weighted by Gasteiger charge is -2.12. The lowest BCUT2D eigenvalue weighted by Crippen LogP contribution is -2.16. The zero-order chi connectivity index (χ0) is 27.5. The summed E-state index contributed by atoms with van der Waals surface area (Å²) in [6, 6.07) is 22.3. The van der Waals surface area contributed by atoms with E-state index in [1.54, 1.807) is 30.3 Å². The minimum Gasteiger partial charge on any atom is -0.322 e. The van der Waals surface area contributed by atoms with E-state index in [9.17, 15) is 21.6 Å². The number of rotatable bonds is 8. The molecule has 1 amide bonds. The van der Waals surface area contributed by atoms with Crippen molar-refractivity contribution >= 4 is 66.2 Å². The third-order valence-corrected chi connectivity index (χ3v) is 8.65. The van der Waals surface area contributed by atoms with E-state index in [1.807, 2.05) is 6.92 Å². The van der Waals surface area contributed by atoms with Crippen molar-refractivity contribution in [3.8, 4) is 0 Å². The number of carbonyl (C=O) groups is 1. The molecule has 0 aliphatic rings. The second-order valence-corrected chi connectivity index (χ2v) is 12.4. The van der Waals surface area contributed by atoms with Crippen LogP contribution in [-0.4, -0.2) is 22.7 Å². The van der Waals surface area contributed by atoms with E-state index < -0.39 is 26.0 Å². The molecule has 0 saturated heterocycles. The molecule has 38 heavy (non-hydrogen) atoms. The molecule has 0 radical (unpaired) electrons. The van der Waals surface area contributed by atoms with Crippen LogP contribution in [0.15, 0.2) is 101 Å². The van der Waals surface area contributed by atoms with Gasteiger partial charge in [-0.15, -0.1) is 0 Å². The monoisotopic (exact) mass is 589 g/mol. The van der Waals surface area contributed by atoms with Gasteiger partial charge in [-0.1, -0.05) is 47.0 Å². The van der Waals surface area contributed by atoms with E-state index >= 15 is 0 Å². The number of sulfonamides is 2. The van der Waals surface area contributed by atoms with Gasteiger partial charge in [0.2, 0.25) is 0 Å². The number of benzene rings is 4. The Labute approximate surface area is 230 Å². The van der Waals surface area contributed by atoms with E-state index in [2.05, 4.69) is 14.8 Å². The van der Waals surface area contributed by atoms with Gasteiger partial charge in [0.1, 0.15) is 0 Å². The molecule has 0 unspecified atom stereocenters. The number of amides is 1. The second-order valence-electron chi connectivity index (χ2n) is 8.21. The Morgan fingerprint density at radius 3 is 1.76 bits per heavy atom. The van der Waals surface area contributed by atoms with Crippen LogP contribution in [0.25, 0.3) is 0 Å². The van der Waals surface area contributed by atoms with Crippen LogP contribution in [0, 0.1) is 6.92 Å². The Hall–Kier alpha value is -3.57. The fourth-order valence-electron chi connectivity index (χ4n) is 3.38. The molecule has 3 N–H and O–H groups in total. The maximum atomic E-state index is 12.9. The van der Waals surface area contributed by atoms with Crippen molar-refractivity contribution in [2.75, 3.05) is 14.8 Å². The van der Waals surface area contributed by atoms with Crippen molar-refractivity contribution in [3.63, 3.8) is 0 Å². The van der Waals surface area contributed by atoms with Gasteiger partial charge in [-0.25, -0.2) is 16.8 Å². The van der Waals surface area contributed by atoms with Gasteiger partial charge in [0, 0.05) is 16.4 Å². The molecule has 8 nitrogen and oxygen atoms in total. The van der Waals surface area contributed by atoms with Crippen molar-refractivity contribution in [3.05, 3.63) is 112 Å². The summed E-state index contributed by atoms with van der Waals surface area (Å²) in [5, 5.41) is 3.12. The summed E-state index contributed by atoms with van der Waals surface area (Å²) in [5.74, 6) is -0.612. The zero-order valence-corrected chi connectivity index (χ0v) is 22.9. The van der Waals surface area contributed by atoms with Crippen LogP contribution in [-0.2, 0) is 20.0 Å². The number of nitrogens with one attached hydrogen (secondary N) is 3. The number of hydrogen-bond donors (Lipinski definition) is 3. The highest BCUT2D eigenvalue weighted by atomic mass is 35.5. The lowest BCUT2D eigenvalue weighted by molar-refractivity contribution is 0.102. The standard InChI is InChI=1S/C26H21Cl2N3O5S2/c1-17-5-10-22(11-6-17)37(33,34)31-21-9-14-25(28)24(16-21)26(32)29-19-7-12-23(13-8-19)38(35,36)30-20-4-2-3-18(27)15-20/h2-16,30-31H,1H3,(H,29,32). The molecule has 0 bridgehead atoms. The molecule has 4 aromatic rings. The molecule has 0 fully saturated rings. The number of halogens is 2. The number of anilines is 3. The van der Waals surface area contributed by atoms with Gasteiger partial charge in [-0.3, -0.25) is 14.2 Å². The van der Waals surface area contributed by atoms with Crippen molar-refractivity contribution < 1.29 is 21.6 Å². The van der Waals surface area contributed by atoms with Crippen molar-refractivity contribution in [2.45, 2.75) is 16.7 Å². The van der Waals surface area contributed by atoms with Crippen LogP contribution < -0.4 is 14.8 Å². The smallest absolute Gasteiger partial charge is 0.261 e. The number of hydrogen-bond acceptors (Lipinski definition) is 5. The maximum Gasteiger partial charge on any atom is 0.261 e. The van der Waals surface area contributed by atoms with Crippen LogP contribution in [0.1, 0.15) is 15.9 Å². The molecule has 0 atom stereocenters. The predicted octanol–water partition coefficient (Wildman–Crippen LogP) is 6.16. The molecule has 4 rings (SSSR count). The largest absolute Gasteiger partial charge is 0.322 e. The molecular formula is C26H21Cl2N3O5S2. The summed E-state index contributed by atoms with van der Waals surface area (Å²) in [4.78, 5) is 12.9. The van der Waals surface area contributed by atoms with E-state index in [0.29, 0.717) is 16.4 Å². The van der Waals surface area contributed by atoms with Crippen LogP contribution in [0.4, 0.5) is 17.1 Å². The van der Waals surface area contributed by atoms with Gasteiger partial charge < -0.3 is 5.32 Å². The Morgan fingerprint density at radius 2 is 1.18 bits per heavy atom. The van der Waals surface area contributed by atoms with E-state index in [-0.39, 0.29) is 26.1 Å². The Balaban J connectivity index is 1.48. The highest BCUT2D eigenvalue weighted by Crippen LogP contribution is 2.25. The van der Waals surface area contributed by atoms with Gasteiger partial charge in [-0.05, 0) is 79.7 Å². The molecule has 0 aliphatic carbocycles. The first kappa shape index (κ1) is 27.5. The quantitative estimate of drug-likeness (QED) is 0.227. The van der Waals surface area contributed by atoms with Crippen molar-refractivity contribution in [1.82, 2.24) is 0 Å². The van der Waals surface area contributed by atoms with E-state index in [1.165, 1.54) is 60.7 Å². The van der Waals surface area contributed by atoms with Crippen LogP contribution in [0.5, 0.6) is 0 Å². The van der Waals surface area contributed by atoms with Gasteiger partial charge in [0.25, 0.3) is 26.0 Å². The van der Waals surface area contributed by atoms with Crippen molar-refractivity contribution in [2.24, 2.45) is 0 Å². The summed E-state index contributed by atoms with van der Waals surface area (Å²) in [7, 11) is -7.77. The predicted molar refractivity (Wildman–Crippen MR) is 150 cm³/mol. The van der Waals surface area contributed by atoms with Gasteiger partial charge >= 0.3 is 0 Å². The zero-order valence-electron chi connectivity index (χ0n) is 19.8. The van der Waals surface area contributed by atoms with Crippen molar-refractivity contribution in [1.29, 1.82) is 0 Å². The summed E-state index contributed by atoms with van der Waals surface area (Å²) in [5.41, 5.74) is 1.70. The minimum atomic E-state index is -3.89. The fourth-order valence-corrected chi connectivity index (χ4v) is 5.87. The van der Waals surface area contributed by atoms with E-state index in [4.69, 9.17) is 23.2 Å². The Morgan fingerprint density at radius 1 is 0.658 bits per heavy atom. The third-order valence-electron chi connectivity index (χ3n) is 5.29. The molecule has 196 valence electrons. The topological polar surface area (TPSA) is 121 Å². The number of carbonyl (C=O) groups excluding carboxylic acids is 1. The molecule has 12 heteroatoms. The first-order valence-electron chi connectivity index (χ1n) is 11.0. The molecule has 4 aromatic carbocycles. The van der Waals surface area contributed by atoms with Gasteiger partial charge in [0.05, 0.1) is 26.1 Å². The molecular weight excluding hydrogens is 569 g/mol. The average Bonchev–Trinajstić information content (AvgIpc) is 2.85. The van der Waals surface area contributed by atoms with Crippen LogP contribution in [0.2, 0.25) is 10.0 Å². The van der Waals surface area contributed by atoms with Crippen LogP contribution >= 0.6 is 23.2 Å². The summed E-state index contributed by atoms with van der Waals surface area (Å²) in [6.07, 6.45) is 0. The van der Waals surface area contributed by atoms with Gasteiger partial charge in [-0.2, -0.15) is 0 Å². The third kappa shape index (κ3) is 6.65. The first-order chi connectivity index (χ1) is 17.9. The molecule has 0 aromatic heterocycles. The van der Waals surface area contributed by atoms with Crippen LogP contribution in [0.3, 0.4) is 0 Å². The minimum absolute atomic E-state index is 0.0232. The molecule has 0 aliphatic heterocycles. The molecule has 0 spiro atoms. The Bertz CT molecular complexity index is 1710. The lowest BCUT2D eigenvalue weighted by atomic mass is 10.2. The second kappa shape index (κ2) is 11.0. The Kier molecular flexibility index (Phi) is 7.98. The molecule has 0 heterocycles. The maximum absolute atomic E-state index is 12.9. The summed E-state index contributed by atoms with van der Waals surface area (Å²) < 4.78 is 55.6. The van der Waals surface area contributed by atoms with Gasteiger partial charge in [0.15, 0.2) is 0 Å². The average molecular weight is 591 g/mol. The highest BCUT2D eigenvalue weighted by Gasteiger charge is 2.18. The van der Waals surface area contributed by atoms with E-state index in [0.717, 1.165) is 5.56 Å². The molecule has 0 saturated carbocycles. The SMILES string of the molecule is Cc1ccc(S(=O)(=O)Nc2ccc(Cl)c(C(=O)Nc3ccc(S(=O)(=O)Nc4cccc(Cl)c4)cc3)c2)cc1. The first-order valence-corrected chi connectivity index (χ1v) is 14.7. The fraction of sp³-hybridized carbons (Fsp3) is 0.0385. The highest BCUT2D eigenvalue weighted by molar-refractivity contribution is 7.93.